The Morgan fingerprint density at radius 3 is 2.35 bits per heavy atom. The molecular formula is C27H29FN4O2. The van der Waals surface area contributed by atoms with Crippen LogP contribution in [0, 0.1) is 11.7 Å². The van der Waals surface area contributed by atoms with E-state index in [-0.39, 0.29) is 23.5 Å². The lowest BCUT2D eigenvalue weighted by Gasteiger charge is -2.38. The molecule has 1 N–H and O–H groups in total. The summed E-state index contributed by atoms with van der Waals surface area (Å²) in [5.41, 5.74) is 2.65. The fraction of sp³-hybridized carbons (Fsp3) is 0.407. The second-order valence-electron chi connectivity index (χ2n) is 9.54. The molecule has 3 aromatic rings. The van der Waals surface area contributed by atoms with E-state index in [9.17, 15) is 14.0 Å². The minimum atomic E-state index is -0.531. The highest BCUT2D eigenvalue weighted by atomic mass is 19.1. The van der Waals surface area contributed by atoms with Gasteiger partial charge in [-0.05, 0) is 67.5 Å². The van der Waals surface area contributed by atoms with E-state index in [1.165, 1.54) is 12.1 Å². The average Bonchev–Trinajstić information content (AvgIpc) is 3.35. The Bertz CT molecular complexity index is 1180. The van der Waals surface area contributed by atoms with Crippen molar-refractivity contribution in [1.82, 2.24) is 14.9 Å². The van der Waals surface area contributed by atoms with Crippen LogP contribution >= 0.6 is 0 Å². The number of halogens is 1. The van der Waals surface area contributed by atoms with Crippen LogP contribution in [0.5, 0.6) is 0 Å². The molecule has 6 nitrogen and oxygen atoms in total. The molecule has 1 saturated heterocycles. The summed E-state index contributed by atoms with van der Waals surface area (Å²) in [5, 5.41) is 2.97. The van der Waals surface area contributed by atoms with Crippen LogP contribution in [0.3, 0.4) is 0 Å². The molecule has 0 radical (unpaired) electrons. The number of nitrogens with one attached hydrogen (secondary N) is 1. The fourth-order valence-corrected chi connectivity index (χ4v) is 5.53. The van der Waals surface area contributed by atoms with Crippen LogP contribution in [0.1, 0.15) is 50.5 Å². The van der Waals surface area contributed by atoms with Crippen molar-refractivity contribution in [1.29, 1.82) is 0 Å². The molecule has 1 saturated carbocycles. The summed E-state index contributed by atoms with van der Waals surface area (Å²) >= 11 is 0. The van der Waals surface area contributed by atoms with Crippen molar-refractivity contribution < 1.29 is 14.0 Å². The van der Waals surface area contributed by atoms with Crippen molar-refractivity contribution in [3.63, 3.8) is 0 Å². The molecule has 0 unspecified atom stereocenters. The van der Waals surface area contributed by atoms with Gasteiger partial charge in [-0.15, -0.1) is 0 Å². The molecule has 1 aromatic heterocycles. The van der Waals surface area contributed by atoms with Crippen LogP contribution in [0.4, 0.5) is 10.1 Å². The third kappa shape index (κ3) is 4.52. The van der Waals surface area contributed by atoms with Crippen molar-refractivity contribution in [2.24, 2.45) is 5.92 Å². The number of carbonyl (C=O) groups excluding carboxylic acids is 2. The van der Waals surface area contributed by atoms with E-state index in [1.54, 1.807) is 24.5 Å². The topological polar surface area (TPSA) is 75.2 Å². The molecule has 2 fully saturated rings. The molecule has 0 atom stereocenters. The van der Waals surface area contributed by atoms with Gasteiger partial charge in [0.2, 0.25) is 11.8 Å². The number of aromatic nitrogens is 2. The Morgan fingerprint density at radius 2 is 1.65 bits per heavy atom. The second kappa shape index (κ2) is 9.49. The van der Waals surface area contributed by atoms with Gasteiger partial charge < -0.3 is 10.2 Å². The average molecular weight is 461 g/mol. The summed E-state index contributed by atoms with van der Waals surface area (Å²) in [6.45, 7) is 1.32. The highest BCUT2D eigenvalue weighted by Gasteiger charge is 2.45. The molecule has 2 heterocycles. The summed E-state index contributed by atoms with van der Waals surface area (Å²) < 4.78 is 13.5. The molecule has 2 amide bonds. The van der Waals surface area contributed by atoms with E-state index in [1.807, 2.05) is 23.1 Å². The number of anilines is 1. The Hall–Kier alpha value is -3.35. The predicted octanol–water partition coefficient (Wildman–Crippen LogP) is 4.85. The number of hydrogen-bond acceptors (Lipinski definition) is 4. The molecule has 1 aliphatic carbocycles. The maximum atomic E-state index is 13.6. The molecule has 34 heavy (non-hydrogen) atoms. The van der Waals surface area contributed by atoms with Crippen LogP contribution in [-0.4, -0.2) is 39.8 Å². The summed E-state index contributed by atoms with van der Waals surface area (Å²) in [7, 11) is 0. The molecular weight excluding hydrogens is 431 g/mol. The number of fused-ring (bicyclic) bond motifs is 1. The van der Waals surface area contributed by atoms with Crippen molar-refractivity contribution in [3.8, 4) is 0 Å². The number of amides is 2. The van der Waals surface area contributed by atoms with E-state index in [2.05, 4.69) is 15.3 Å². The first-order chi connectivity index (χ1) is 16.5. The molecule has 7 heteroatoms. The zero-order valence-electron chi connectivity index (χ0n) is 19.2. The standard InChI is InChI=1S/C27H29FN4O2/c28-21-5-3-20(4-6-21)27(11-1-2-12-27)26(34)32-15-9-19(10-16-32)17-25(33)31-22-7-8-23-24(18-22)30-14-13-29-23/h3-8,13-14,18-19H,1-2,9-12,15-17H2,(H,31,33). The fourth-order valence-electron chi connectivity index (χ4n) is 5.53. The first kappa shape index (κ1) is 22.4. The van der Waals surface area contributed by atoms with Crippen molar-refractivity contribution in [2.45, 2.75) is 50.4 Å². The predicted molar refractivity (Wildman–Crippen MR) is 129 cm³/mol. The molecule has 5 rings (SSSR count). The van der Waals surface area contributed by atoms with Crippen LogP contribution in [0.25, 0.3) is 11.0 Å². The Balaban J connectivity index is 1.18. The van der Waals surface area contributed by atoms with Gasteiger partial charge in [0.25, 0.3) is 0 Å². The third-order valence-corrected chi connectivity index (χ3v) is 7.39. The lowest BCUT2D eigenvalue weighted by Crippen LogP contribution is -2.48. The van der Waals surface area contributed by atoms with Gasteiger partial charge in [-0.2, -0.15) is 0 Å². The number of benzene rings is 2. The largest absolute Gasteiger partial charge is 0.342 e. The zero-order valence-corrected chi connectivity index (χ0v) is 19.2. The van der Waals surface area contributed by atoms with E-state index in [0.29, 0.717) is 25.2 Å². The molecule has 0 spiro atoms. The minimum absolute atomic E-state index is 0.0217. The van der Waals surface area contributed by atoms with Crippen molar-refractivity contribution in [2.75, 3.05) is 18.4 Å². The lowest BCUT2D eigenvalue weighted by atomic mass is 9.77. The first-order valence-electron chi connectivity index (χ1n) is 12.1. The first-order valence-corrected chi connectivity index (χ1v) is 12.1. The smallest absolute Gasteiger partial charge is 0.233 e. The molecule has 0 bridgehead atoms. The van der Waals surface area contributed by atoms with Crippen molar-refractivity contribution >= 4 is 28.5 Å². The van der Waals surface area contributed by atoms with Crippen LogP contribution in [0.15, 0.2) is 54.9 Å². The minimum Gasteiger partial charge on any atom is -0.342 e. The van der Waals surface area contributed by atoms with Gasteiger partial charge in [0.05, 0.1) is 16.4 Å². The summed E-state index contributed by atoms with van der Waals surface area (Å²) in [6, 6.07) is 12.0. The second-order valence-corrected chi connectivity index (χ2v) is 9.54. The Morgan fingerprint density at radius 1 is 0.971 bits per heavy atom. The molecule has 2 aromatic carbocycles. The lowest BCUT2D eigenvalue weighted by molar-refractivity contribution is -0.138. The van der Waals surface area contributed by atoms with E-state index in [4.69, 9.17) is 0 Å². The van der Waals surface area contributed by atoms with Gasteiger partial charge in [0, 0.05) is 37.6 Å². The van der Waals surface area contributed by atoms with Crippen LogP contribution in [-0.2, 0) is 15.0 Å². The molecule has 1 aliphatic heterocycles. The number of nitrogens with zero attached hydrogens (tertiary/aromatic N) is 3. The van der Waals surface area contributed by atoms with Gasteiger partial charge in [-0.3, -0.25) is 19.6 Å². The summed E-state index contributed by atoms with van der Waals surface area (Å²) in [6.07, 6.45) is 8.99. The Kier molecular flexibility index (Phi) is 6.26. The van der Waals surface area contributed by atoms with Crippen LogP contribution < -0.4 is 5.32 Å². The molecule has 176 valence electrons. The number of rotatable bonds is 5. The maximum Gasteiger partial charge on any atom is 0.233 e. The quantitative estimate of drug-likeness (QED) is 0.591. The monoisotopic (exact) mass is 460 g/mol. The summed E-state index contributed by atoms with van der Waals surface area (Å²) in [5.74, 6) is 0.109. The number of piperidine rings is 1. The number of likely N-dealkylation sites (tertiary alicyclic amines) is 1. The normalized spacial score (nSPS) is 18.2. The van der Waals surface area contributed by atoms with Gasteiger partial charge in [-0.25, -0.2) is 4.39 Å². The van der Waals surface area contributed by atoms with Gasteiger partial charge >= 0.3 is 0 Å². The Labute approximate surface area is 198 Å². The van der Waals surface area contributed by atoms with E-state index < -0.39 is 5.41 Å². The van der Waals surface area contributed by atoms with Gasteiger partial charge in [0.1, 0.15) is 5.82 Å². The zero-order chi connectivity index (χ0) is 23.5. The summed E-state index contributed by atoms with van der Waals surface area (Å²) in [4.78, 5) is 36.8. The third-order valence-electron chi connectivity index (χ3n) is 7.39. The van der Waals surface area contributed by atoms with Gasteiger partial charge in [0.15, 0.2) is 0 Å². The van der Waals surface area contributed by atoms with E-state index >= 15 is 0 Å². The number of hydrogen-bond donors (Lipinski definition) is 1. The highest BCUT2D eigenvalue weighted by molar-refractivity contribution is 5.93. The van der Waals surface area contributed by atoms with Crippen LogP contribution in [0.2, 0.25) is 0 Å². The molecule has 2 aliphatic rings. The maximum absolute atomic E-state index is 13.6. The van der Waals surface area contributed by atoms with Gasteiger partial charge in [-0.1, -0.05) is 25.0 Å². The number of carbonyl (C=O) groups is 2. The van der Waals surface area contributed by atoms with E-state index in [0.717, 1.165) is 55.1 Å². The highest BCUT2D eigenvalue weighted by Crippen LogP contribution is 2.43. The van der Waals surface area contributed by atoms with Crippen molar-refractivity contribution in [3.05, 3.63) is 66.2 Å². The SMILES string of the molecule is O=C(CC1CCN(C(=O)C2(c3ccc(F)cc3)CCCC2)CC1)Nc1ccc2nccnc2c1.